The van der Waals surface area contributed by atoms with Gasteiger partial charge in [-0.3, -0.25) is 9.48 Å². The molecule has 0 saturated heterocycles. The quantitative estimate of drug-likeness (QED) is 0.748. The maximum atomic E-state index is 10.9. The Bertz CT molecular complexity index is 483. The summed E-state index contributed by atoms with van der Waals surface area (Å²) in [7, 11) is 1.80. The predicted molar refractivity (Wildman–Crippen MR) is 58.4 cm³/mol. The molecule has 0 saturated carbocycles. The molecular formula is C11H11N3O. The second-order valence-electron chi connectivity index (χ2n) is 3.28. The van der Waals surface area contributed by atoms with Crippen molar-refractivity contribution in [2.75, 3.05) is 5.73 Å². The summed E-state index contributed by atoms with van der Waals surface area (Å²) >= 11 is 0. The van der Waals surface area contributed by atoms with Crippen molar-refractivity contribution in [3.63, 3.8) is 0 Å². The Morgan fingerprint density at radius 3 is 2.73 bits per heavy atom. The van der Waals surface area contributed by atoms with E-state index in [0.29, 0.717) is 11.3 Å². The number of nitrogens with zero attached hydrogens (tertiary/aromatic N) is 2. The number of carbonyl (C=O) groups excluding carboxylic acids is 1. The van der Waals surface area contributed by atoms with Crippen LogP contribution in [0.25, 0.3) is 11.3 Å². The van der Waals surface area contributed by atoms with E-state index >= 15 is 0 Å². The Morgan fingerprint density at radius 1 is 1.40 bits per heavy atom. The number of hydrogen-bond donors (Lipinski definition) is 1. The molecular weight excluding hydrogens is 190 g/mol. The second kappa shape index (κ2) is 3.57. The largest absolute Gasteiger partial charge is 0.396 e. The zero-order chi connectivity index (χ0) is 10.8. The van der Waals surface area contributed by atoms with Crippen LogP contribution in [-0.2, 0) is 7.05 Å². The molecule has 2 aromatic rings. The molecule has 4 heteroatoms. The number of aromatic nitrogens is 2. The monoisotopic (exact) mass is 201 g/mol. The second-order valence-corrected chi connectivity index (χ2v) is 3.28. The Morgan fingerprint density at radius 2 is 2.13 bits per heavy atom. The number of nitrogen functional groups attached to an aromatic ring is 1. The molecule has 0 aliphatic heterocycles. The third-order valence-corrected chi connectivity index (χ3v) is 2.31. The van der Waals surface area contributed by atoms with Gasteiger partial charge in [-0.25, -0.2) is 0 Å². The van der Waals surface area contributed by atoms with Crippen molar-refractivity contribution in [2.45, 2.75) is 0 Å². The van der Waals surface area contributed by atoms with Crippen molar-refractivity contribution < 1.29 is 4.79 Å². The summed E-state index contributed by atoms with van der Waals surface area (Å²) in [5, 5.41) is 4.04. The lowest BCUT2D eigenvalue weighted by Gasteiger charge is -2.05. The molecule has 1 heterocycles. The molecule has 76 valence electrons. The van der Waals surface area contributed by atoms with Crippen LogP contribution >= 0.6 is 0 Å². The van der Waals surface area contributed by atoms with E-state index in [9.17, 15) is 4.79 Å². The molecule has 0 bridgehead atoms. The minimum absolute atomic E-state index is 0.576. The number of benzene rings is 1. The average molecular weight is 201 g/mol. The lowest BCUT2D eigenvalue weighted by atomic mass is 10.0. The molecule has 2 rings (SSSR count). The molecule has 0 radical (unpaired) electrons. The van der Waals surface area contributed by atoms with E-state index in [1.54, 1.807) is 24.0 Å². The summed E-state index contributed by atoms with van der Waals surface area (Å²) in [4.78, 5) is 10.9. The van der Waals surface area contributed by atoms with Crippen LogP contribution < -0.4 is 5.73 Å². The topological polar surface area (TPSA) is 60.9 Å². The van der Waals surface area contributed by atoms with Crippen molar-refractivity contribution in [3.8, 4) is 11.3 Å². The highest BCUT2D eigenvalue weighted by Gasteiger charge is 2.11. The first-order valence-electron chi connectivity index (χ1n) is 4.56. The molecule has 0 atom stereocenters. The molecule has 1 aromatic heterocycles. The third kappa shape index (κ3) is 1.50. The predicted octanol–water partition coefficient (Wildman–Crippen LogP) is 1.48. The van der Waals surface area contributed by atoms with Gasteiger partial charge in [-0.2, -0.15) is 5.10 Å². The van der Waals surface area contributed by atoms with Gasteiger partial charge >= 0.3 is 0 Å². The van der Waals surface area contributed by atoms with Gasteiger partial charge in [0.15, 0.2) is 6.29 Å². The van der Waals surface area contributed by atoms with Crippen LogP contribution in [0, 0.1) is 0 Å². The van der Waals surface area contributed by atoms with Crippen LogP contribution in [0.1, 0.15) is 10.4 Å². The Labute approximate surface area is 87.3 Å². The number of nitrogens with two attached hydrogens (primary N) is 1. The first kappa shape index (κ1) is 9.45. The van der Waals surface area contributed by atoms with E-state index < -0.39 is 0 Å². The van der Waals surface area contributed by atoms with E-state index in [-0.39, 0.29) is 0 Å². The lowest BCUT2D eigenvalue weighted by Crippen LogP contribution is -1.98. The van der Waals surface area contributed by atoms with Gasteiger partial charge in [-0.05, 0) is 0 Å². The fourth-order valence-corrected chi connectivity index (χ4v) is 1.60. The van der Waals surface area contributed by atoms with Crippen LogP contribution in [0.2, 0.25) is 0 Å². The van der Waals surface area contributed by atoms with Gasteiger partial charge in [0.2, 0.25) is 0 Å². The van der Waals surface area contributed by atoms with E-state index in [4.69, 9.17) is 5.73 Å². The molecule has 15 heavy (non-hydrogen) atoms. The van der Waals surface area contributed by atoms with Gasteiger partial charge in [-0.1, -0.05) is 24.3 Å². The summed E-state index contributed by atoms with van der Waals surface area (Å²) in [6.45, 7) is 0. The molecule has 4 nitrogen and oxygen atoms in total. The van der Waals surface area contributed by atoms with Gasteiger partial charge in [-0.15, -0.1) is 0 Å². The molecule has 0 fully saturated rings. The first-order chi connectivity index (χ1) is 7.24. The number of aldehydes is 1. The summed E-state index contributed by atoms with van der Waals surface area (Å²) in [5.74, 6) is 0. The van der Waals surface area contributed by atoms with Crippen LogP contribution in [0.4, 0.5) is 5.69 Å². The molecule has 0 spiro atoms. The molecule has 0 amide bonds. The fraction of sp³-hybridized carbons (Fsp3) is 0.0909. The van der Waals surface area contributed by atoms with Crippen LogP contribution in [0.15, 0.2) is 30.5 Å². The van der Waals surface area contributed by atoms with Gasteiger partial charge in [0, 0.05) is 18.2 Å². The number of aryl methyl sites for hydroxylation is 1. The van der Waals surface area contributed by atoms with Crippen molar-refractivity contribution >= 4 is 12.0 Å². The van der Waals surface area contributed by atoms with Crippen molar-refractivity contribution in [1.29, 1.82) is 0 Å². The van der Waals surface area contributed by atoms with E-state index in [0.717, 1.165) is 17.5 Å². The van der Waals surface area contributed by atoms with Gasteiger partial charge in [0.05, 0.1) is 17.6 Å². The van der Waals surface area contributed by atoms with Crippen LogP contribution in [0.5, 0.6) is 0 Å². The standard InChI is InChI=1S/C11H11N3O/c1-14-11(10(12)6-13-14)9-5-3-2-4-8(9)7-15/h2-7H,12H2,1H3. The lowest BCUT2D eigenvalue weighted by molar-refractivity contribution is 0.112. The summed E-state index contributed by atoms with van der Waals surface area (Å²) in [6, 6.07) is 7.31. The Kier molecular flexibility index (Phi) is 2.25. The van der Waals surface area contributed by atoms with Gasteiger partial charge in [0.1, 0.15) is 0 Å². The van der Waals surface area contributed by atoms with Gasteiger partial charge in [0.25, 0.3) is 0 Å². The van der Waals surface area contributed by atoms with Crippen molar-refractivity contribution in [3.05, 3.63) is 36.0 Å². The van der Waals surface area contributed by atoms with Crippen molar-refractivity contribution in [2.24, 2.45) is 7.05 Å². The SMILES string of the molecule is Cn1ncc(N)c1-c1ccccc1C=O. The Balaban J connectivity index is 2.68. The molecule has 0 unspecified atom stereocenters. The smallest absolute Gasteiger partial charge is 0.150 e. The maximum absolute atomic E-state index is 10.9. The summed E-state index contributed by atoms with van der Waals surface area (Å²) in [6.07, 6.45) is 2.40. The first-order valence-corrected chi connectivity index (χ1v) is 4.56. The number of carbonyl (C=O) groups is 1. The molecule has 2 N–H and O–H groups in total. The fourth-order valence-electron chi connectivity index (χ4n) is 1.60. The number of hydrogen-bond acceptors (Lipinski definition) is 3. The number of rotatable bonds is 2. The van der Waals surface area contributed by atoms with E-state index in [1.807, 2.05) is 18.2 Å². The molecule has 0 aliphatic rings. The van der Waals surface area contributed by atoms with Crippen LogP contribution in [-0.4, -0.2) is 16.1 Å². The minimum Gasteiger partial charge on any atom is -0.396 e. The summed E-state index contributed by atoms with van der Waals surface area (Å²) < 4.78 is 1.66. The average Bonchev–Trinajstić information content (AvgIpc) is 2.59. The van der Waals surface area contributed by atoms with E-state index in [2.05, 4.69) is 5.10 Å². The molecule has 1 aromatic carbocycles. The highest BCUT2D eigenvalue weighted by atomic mass is 16.1. The zero-order valence-corrected chi connectivity index (χ0v) is 8.34. The Hall–Kier alpha value is -2.10. The third-order valence-electron chi connectivity index (χ3n) is 2.31. The molecule has 0 aliphatic carbocycles. The zero-order valence-electron chi connectivity index (χ0n) is 8.34. The van der Waals surface area contributed by atoms with E-state index in [1.165, 1.54) is 0 Å². The normalized spacial score (nSPS) is 10.2. The van der Waals surface area contributed by atoms with Gasteiger partial charge < -0.3 is 5.73 Å². The summed E-state index contributed by atoms with van der Waals surface area (Å²) in [5.41, 5.74) is 8.58. The number of anilines is 1. The van der Waals surface area contributed by atoms with Crippen molar-refractivity contribution in [1.82, 2.24) is 9.78 Å². The van der Waals surface area contributed by atoms with Crippen LogP contribution in [0.3, 0.4) is 0 Å². The minimum atomic E-state index is 0.576. The highest BCUT2D eigenvalue weighted by Crippen LogP contribution is 2.27. The maximum Gasteiger partial charge on any atom is 0.150 e. The highest BCUT2D eigenvalue weighted by molar-refractivity contribution is 5.89.